The summed E-state index contributed by atoms with van der Waals surface area (Å²) < 4.78 is 15.8. The smallest absolute Gasteiger partial charge is 0.328 e. The summed E-state index contributed by atoms with van der Waals surface area (Å²) in [5.74, 6) is -1.47. The van der Waals surface area contributed by atoms with Gasteiger partial charge in [-0.1, -0.05) is 0 Å². The number of fused-ring (bicyclic) bond motifs is 1. The first-order valence-electron chi connectivity index (χ1n) is 8.99. The van der Waals surface area contributed by atoms with Gasteiger partial charge in [0.05, 0.1) is 11.2 Å². The lowest BCUT2D eigenvalue weighted by atomic mass is 10.2. The Kier molecular flexibility index (Phi) is 4.92. The van der Waals surface area contributed by atoms with Crippen molar-refractivity contribution in [1.82, 2.24) is 19.4 Å². The fraction of sp³-hybridized carbons (Fsp3) is 0.333. The molecule has 3 aromatic heterocycles. The van der Waals surface area contributed by atoms with Crippen LogP contribution < -0.4 is 21.9 Å². The van der Waals surface area contributed by atoms with Crippen molar-refractivity contribution in [3.63, 3.8) is 0 Å². The minimum atomic E-state index is -0.764. The van der Waals surface area contributed by atoms with E-state index in [0.29, 0.717) is 48.6 Å². The number of amides is 1. The first kappa shape index (κ1) is 19.3. The minimum Gasteiger partial charge on any atom is -0.365 e. The highest BCUT2D eigenvalue weighted by Crippen LogP contribution is 2.24. The number of anilines is 1. The molecule has 0 spiro atoms. The Bertz CT molecular complexity index is 1210. The molecule has 11 heteroatoms. The molecule has 3 aromatic rings. The zero-order valence-electron chi connectivity index (χ0n) is 15.6. The minimum absolute atomic E-state index is 0.0983. The SMILES string of the molecule is Cn1c(=O)[nH]c2cc(CN3CCN(c4ccc(C(N)=O)nc4F)CC3)sc2c1=O. The molecule has 0 bridgehead atoms. The van der Waals surface area contributed by atoms with E-state index in [1.54, 1.807) is 0 Å². The van der Waals surface area contributed by atoms with Crippen LogP contribution in [0.25, 0.3) is 10.2 Å². The van der Waals surface area contributed by atoms with E-state index >= 15 is 0 Å². The van der Waals surface area contributed by atoms with E-state index in [2.05, 4.69) is 14.9 Å². The average molecular weight is 418 g/mol. The number of primary amides is 1. The van der Waals surface area contributed by atoms with Crippen molar-refractivity contribution in [1.29, 1.82) is 0 Å². The Balaban J connectivity index is 1.45. The number of nitrogens with one attached hydrogen (secondary N) is 1. The second kappa shape index (κ2) is 7.41. The molecule has 4 rings (SSSR count). The molecule has 9 nitrogen and oxygen atoms in total. The van der Waals surface area contributed by atoms with Gasteiger partial charge < -0.3 is 15.6 Å². The van der Waals surface area contributed by atoms with E-state index in [0.717, 1.165) is 9.44 Å². The summed E-state index contributed by atoms with van der Waals surface area (Å²) >= 11 is 1.37. The Hall–Kier alpha value is -3.05. The monoisotopic (exact) mass is 418 g/mol. The third-order valence-corrected chi connectivity index (χ3v) is 6.11. The van der Waals surface area contributed by atoms with Crippen molar-refractivity contribution in [2.24, 2.45) is 12.8 Å². The molecule has 4 heterocycles. The lowest BCUT2D eigenvalue weighted by molar-refractivity contribution is 0.0994. The van der Waals surface area contributed by atoms with Crippen LogP contribution in [0.4, 0.5) is 10.1 Å². The highest BCUT2D eigenvalue weighted by molar-refractivity contribution is 7.18. The maximum Gasteiger partial charge on any atom is 0.328 e. The number of nitrogens with two attached hydrogens (primary N) is 1. The molecule has 1 aliphatic heterocycles. The van der Waals surface area contributed by atoms with Crippen LogP contribution in [-0.2, 0) is 13.6 Å². The number of rotatable bonds is 4. The van der Waals surface area contributed by atoms with E-state index in [-0.39, 0.29) is 11.3 Å². The van der Waals surface area contributed by atoms with Crippen LogP contribution in [0.5, 0.6) is 0 Å². The van der Waals surface area contributed by atoms with Crippen LogP contribution in [0.3, 0.4) is 0 Å². The fourth-order valence-electron chi connectivity index (χ4n) is 3.38. The molecule has 152 valence electrons. The largest absolute Gasteiger partial charge is 0.365 e. The standard InChI is InChI=1S/C18H19FN6O3S/c1-23-17(27)14-12(22-18(23)28)8-10(29-14)9-24-4-6-25(7-5-24)13-3-2-11(16(20)26)21-15(13)19/h2-3,8H,4-7,9H2,1H3,(H2,20,26)(H,22,28). The van der Waals surface area contributed by atoms with Crippen molar-refractivity contribution in [3.05, 3.63) is 55.6 Å². The van der Waals surface area contributed by atoms with Gasteiger partial charge in [-0.3, -0.25) is 19.1 Å². The number of carbonyl (C=O) groups is 1. The number of hydrogen-bond acceptors (Lipinski definition) is 7. The predicted octanol–water partition coefficient (Wildman–Crippen LogP) is 0.243. The van der Waals surface area contributed by atoms with Gasteiger partial charge in [-0.15, -0.1) is 11.3 Å². The normalized spacial score (nSPS) is 15.2. The maximum absolute atomic E-state index is 14.2. The summed E-state index contributed by atoms with van der Waals surface area (Å²) in [6.45, 7) is 3.22. The second-order valence-corrected chi connectivity index (χ2v) is 8.02. The van der Waals surface area contributed by atoms with Crippen LogP contribution in [-0.4, -0.2) is 51.5 Å². The number of aromatic amines is 1. The molecule has 0 saturated carbocycles. The Morgan fingerprint density at radius 1 is 1.28 bits per heavy atom. The molecule has 1 fully saturated rings. The van der Waals surface area contributed by atoms with Gasteiger partial charge in [0.15, 0.2) is 0 Å². The van der Waals surface area contributed by atoms with E-state index in [1.807, 2.05) is 11.0 Å². The average Bonchev–Trinajstić information content (AvgIpc) is 3.09. The molecule has 1 aliphatic rings. The van der Waals surface area contributed by atoms with Crippen LogP contribution in [0.15, 0.2) is 27.8 Å². The highest BCUT2D eigenvalue weighted by Gasteiger charge is 2.22. The maximum atomic E-state index is 14.2. The molecule has 0 unspecified atom stereocenters. The molecule has 29 heavy (non-hydrogen) atoms. The zero-order valence-corrected chi connectivity index (χ0v) is 16.5. The lowest BCUT2D eigenvalue weighted by Crippen LogP contribution is -2.46. The van der Waals surface area contributed by atoms with Gasteiger partial charge in [-0.2, -0.15) is 4.39 Å². The number of piperazine rings is 1. The van der Waals surface area contributed by atoms with Crippen molar-refractivity contribution >= 4 is 33.1 Å². The number of carbonyl (C=O) groups excluding carboxylic acids is 1. The van der Waals surface area contributed by atoms with E-state index in [1.165, 1.54) is 30.5 Å². The van der Waals surface area contributed by atoms with Gasteiger partial charge in [0.25, 0.3) is 11.5 Å². The van der Waals surface area contributed by atoms with Gasteiger partial charge in [-0.05, 0) is 18.2 Å². The molecular weight excluding hydrogens is 399 g/mol. The molecule has 1 amide bonds. The summed E-state index contributed by atoms with van der Waals surface area (Å²) in [6, 6.07) is 4.78. The van der Waals surface area contributed by atoms with Gasteiger partial charge in [0, 0.05) is 44.6 Å². The predicted molar refractivity (Wildman–Crippen MR) is 108 cm³/mol. The second-order valence-electron chi connectivity index (χ2n) is 6.88. The third-order valence-electron chi connectivity index (χ3n) is 5.00. The number of pyridine rings is 1. The number of H-pyrrole nitrogens is 1. The molecule has 0 aromatic carbocycles. The lowest BCUT2D eigenvalue weighted by Gasteiger charge is -2.35. The number of hydrogen-bond donors (Lipinski definition) is 2. The summed E-state index contributed by atoms with van der Waals surface area (Å²) in [4.78, 5) is 46.5. The van der Waals surface area contributed by atoms with Crippen LogP contribution in [0.2, 0.25) is 0 Å². The highest BCUT2D eigenvalue weighted by atomic mass is 32.1. The fourth-order valence-corrected chi connectivity index (χ4v) is 4.51. The van der Waals surface area contributed by atoms with Gasteiger partial charge in [0.2, 0.25) is 5.95 Å². The van der Waals surface area contributed by atoms with Crippen molar-refractivity contribution in [2.75, 3.05) is 31.1 Å². The zero-order chi connectivity index (χ0) is 20.7. The molecule has 3 N–H and O–H groups in total. The third kappa shape index (κ3) is 3.66. The van der Waals surface area contributed by atoms with Crippen LogP contribution in [0, 0.1) is 5.95 Å². The number of aromatic nitrogens is 3. The molecule has 0 aliphatic carbocycles. The van der Waals surface area contributed by atoms with E-state index < -0.39 is 17.5 Å². The summed E-state index contributed by atoms with van der Waals surface area (Å²) in [5.41, 5.74) is 5.20. The Labute approximate surface area is 168 Å². The van der Waals surface area contributed by atoms with Crippen molar-refractivity contribution < 1.29 is 9.18 Å². The number of thiophene rings is 1. The van der Waals surface area contributed by atoms with Crippen LogP contribution >= 0.6 is 11.3 Å². The topological polar surface area (TPSA) is 117 Å². The van der Waals surface area contributed by atoms with Crippen molar-refractivity contribution in [2.45, 2.75) is 6.54 Å². The number of halogens is 1. The molecule has 0 radical (unpaired) electrons. The Morgan fingerprint density at radius 2 is 2.00 bits per heavy atom. The molecule has 1 saturated heterocycles. The van der Waals surface area contributed by atoms with Gasteiger partial charge >= 0.3 is 5.69 Å². The Morgan fingerprint density at radius 3 is 2.66 bits per heavy atom. The molecule has 0 atom stereocenters. The van der Waals surface area contributed by atoms with Gasteiger partial charge in [-0.25, -0.2) is 9.78 Å². The summed E-state index contributed by atoms with van der Waals surface area (Å²) in [7, 11) is 1.45. The van der Waals surface area contributed by atoms with Gasteiger partial charge in [0.1, 0.15) is 10.4 Å². The quantitative estimate of drug-likeness (QED) is 0.587. The molecular formula is C18H19FN6O3S. The first-order chi connectivity index (χ1) is 13.8. The van der Waals surface area contributed by atoms with Crippen molar-refractivity contribution in [3.8, 4) is 0 Å². The van der Waals surface area contributed by atoms with E-state index in [9.17, 15) is 18.8 Å². The number of nitrogens with zero attached hydrogens (tertiary/aromatic N) is 4. The first-order valence-corrected chi connectivity index (χ1v) is 9.80. The van der Waals surface area contributed by atoms with Crippen LogP contribution in [0.1, 0.15) is 15.4 Å². The summed E-state index contributed by atoms with van der Waals surface area (Å²) in [6.07, 6.45) is 0. The summed E-state index contributed by atoms with van der Waals surface area (Å²) in [5, 5.41) is 0. The van der Waals surface area contributed by atoms with E-state index in [4.69, 9.17) is 5.73 Å².